The Morgan fingerprint density at radius 1 is 1.25 bits per heavy atom. The smallest absolute Gasteiger partial charge is 0.161 e. The van der Waals surface area contributed by atoms with Gasteiger partial charge in [-0.3, -0.25) is 0 Å². The zero-order chi connectivity index (χ0) is 14.4. The lowest BCUT2D eigenvalue weighted by atomic mass is 10.1. The van der Waals surface area contributed by atoms with E-state index in [9.17, 15) is 0 Å². The van der Waals surface area contributed by atoms with Crippen molar-refractivity contribution in [2.75, 3.05) is 39.9 Å². The van der Waals surface area contributed by atoms with Crippen LogP contribution in [0.1, 0.15) is 31.9 Å². The summed E-state index contributed by atoms with van der Waals surface area (Å²) in [4.78, 5) is 2.30. The second kappa shape index (κ2) is 7.50. The highest BCUT2D eigenvalue weighted by molar-refractivity contribution is 5.44. The number of rotatable bonds is 6. The van der Waals surface area contributed by atoms with Crippen LogP contribution in [-0.2, 0) is 0 Å². The Morgan fingerprint density at radius 3 is 2.75 bits per heavy atom. The maximum absolute atomic E-state index is 5.74. The van der Waals surface area contributed by atoms with Gasteiger partial charge < -0.3 is 19.7 Å². The predicted octanol–water partition coefficient (Wildman–Crippen LogP) is 2.45. The van der Waals surface area contributed by atoms with Gasteiger partial charge in [0.15, 0.2) is 11.5 Å². The van der Waals surface area contributed by atoms with Crippen LogP contribution in [-0.4, -0.2) is 44.8 Å². The van der Waals surface area contributed by atoms with Crippen molar-refractivity contribution in [2.24, 2.45) is 0 Å². The molecule has 0 spiro atoms. The molecule has 0 bridgehead atoms. The third-order valence-corrected chi connectivity index (χ3v) is 3.76. The minimum Gasteiger partial charge on any atom is -0.490 e. The van der Waals surface area contributed by atoms with Crippen LogP contribution in [0.15, 0.2) is 18.2 Å². The highest BCUT2D eigenvalue weighted by Crippen LogP contribution is 2.32. The van der Waals surface area contributed by atoms with Crippen molar-refractivity contribution in [1.29, 1.82) is 0 Å². The molecule has 1 aliphatic heterocycles. The number of likely N-dealkylation sites (N-methyl/N-ethyl adjacent to an activating group) is 1. The second-order valence-electron chi connectivity index (χ2n) is 5.33. The van der Waals surface area contributed by atoms with E-state index in [4.69, 9.17) is 9.47 Å². The van der Waals surface area contributed by atoms with Gasteiger partial charge >= 0.3 is 0 Å². The number of nitrogens with one attached hydrogen (secondary N) is 1. The first-order valence-corrected chi connectivity index (χ1v) is 7.52. The normalized spacial score (nSPS) is 16.0. The van der Waals surface area contributed by atoms with Crippen molar-refractivity contribution in [3.05, 3.63) is 23.8 Å². The van der Waals surface area contributed by atoms with E-state index in [1.807, 2.05) is 6.07 Å². The quantitative estimate of drug-likeness (QED) is 0.866. The Hall–Kier alpha value is -1.26. The third kappa shape index (κ3) is 4.12. The summed E-state index contributed by atoms with van der Waals surface area (Å²) in [6.45, 7) is 8.97. The van der Waals surface area contributed by atoms with Gasteiger partial charge in [0.1, 0.15) is 0 Å². The summed E-state index contributed by atoms with van der Waals surface area (Å²) in [5.41, 5.74) is 1.24. The van der Waals surface area contributed by atoms with Crippen molar-refractivity contribution in [1.82, 2.24) is 10.2 Å². The molecule has 4 heteroatoms. The van der Waals surface area contributed by atoms with Gasteiger partial charge in [-0.2, -0.15) is 0 Å². The lowest BCUT2D eigenvalue weighted by Gasteiger charge is -2.19. The molecule has 1 N–H and O–H groups in total. The predicted molar refractivity (Wildman–Crippen MR) is 81.6 cm³/mol. The van der Waals surface area contributed by atoms with Gasteiger partial charge in [0.2, 0.25) is 0 Å². The summed E-state index contributed by atoms with van der Waals surface area (Å²) in [5, 5.41) is 3.55. The van der Waals surface area contributed by atoms with E-state index >= 15 is 0 Å². The molecule has 1 atom stereocenters. The fourth-order valence-corrected chi connectivity index (χ4v) is 2.20. The molecule has 1 unspecified atom stereocenters. The van der Waals surface area contributed by atoms with E-state index in [2.05, 4.69) is 43.2 Å². The molecule has 1 aromatic rings. The zero-order valence-electron chi connectivity index (χ0n) is 12.8. The Balaban J connectivity index is 1.93. The monoisotopic (exact) mass is 278 g/mol. The Kier molecular flexibility index (Phi) is 5.68. The minimum absolute atomic E-state index is 0.317. The molecular weight excluding hydrogens is 252 g/mol. The number of hydrogen-bond acceptors (Lipinski definition) is 4. The fraction of sp³-hybridized carbons (Fsp3) is 0.625. The first-order chi connectivity index (χ1) is 9.70. The van der Waals surface area contributed by atoms with E-state index in [1.54, 1.807) is 0 Å². The molecule has 0 saturated heterocycles. The summed E-state index contributed by atoms with van der Waals surface area (Å²) >= 11 is 0. The molecule has 2 rings (SSSR count). The standard InChI is InChI=1S/C16H26N2O2/c1-4-18(3)9-8-17-13(2)14-6-7-15-16(12-14)20-11-5-10-19-15/h6-7,12-13,17H,4-5,8-11H2,1-3H3. The van der Waals surface area contributed by atoms with Crippen LogP contribution in [0, 0.1) is 0 Å². The van der Waals surface area contributed by atoms with Crippen LogP contribution in [0.25, 0.3) is 0 Å². The van der Waals surface area contributed by atoms with Crippen LogP contribution in [0.4, 0.5) is 0 Å². The molecule has 0 saturated carbocycles. The summed E-state index contributed by atoms with van der Waals surface area (Å²) in [6.07, 6.45) is 0.946. The summed E-state index contributed by atoms with van der Waals surface area (Å²) < 4.78 is 11.4. The van der Waals surface area contributed by atoms with Crippen LogP contribution >= 0.6 is 0 Å². The fourth-order valence-electron chi connectivity index (χ4n) is 2.20. The molecule has 4 nitrogen and oxygen atoms in total. The summed E-state index contributed by atoms with van der Waals surface area (Å²) in [5.74, 6) is 1.74. The topological polar surface area (TPSA) is 33.7 Å². The molecule has 20 heavy (non-hydrogen) atoms. The number of benzene rings is 1. The van der Waals surface area contributed by atoms with Crippen molar-refractivity contribution in [3.63, 3.8) is 0 Å². The lowest BCUT2D eigenvalue weighted by molar-refractivity contribution is 0.297. The van der Waals surface area contributed by atoms with Gasteiger partial charge in [-0.1, -0.05) is 13.0 Å². The summed E-state index contributed by atoms with van der Waals surface area (Å²) in [7, 11) is 2.14. The molecule has 0 aromatic heterocycles. The van der Waals surface area contributed by atoms with E-state index in [1.165, 1.54) is 5.56 Å². The van der Waals surface area contributed by atoms with Crippen LogP contribution in [0.2, 0.25) is 0 Å². The third-order valence-electron chi connectivity index (χ3n) is 3.76. The number of fused-ring (bicyclic) bond motifs is 1. The molecule has 112 valence electrons. The Bertz CT molecular complexity index is 423. The second-order valence-corrected chi connectivity index (χ2v) is 5.33. The zero-order valence-corrected chi connectivity index (χ0v) is 12.8. The Labute approximate surface area is 122 Å². The molecule has 0 radical (unpaired) electrons. The molecule has 0 aliphatic carbocycles. The van der Waals surface area contributed by atoms with Crippen molar-refractivity contribution in [2.45, 2.75) is 26.3 Å². The number of ether oxygens (including phenoxy) is 2. The van der Waals surface area contributed by atoms with Gasteiger partial charge in [-0.05, 0) is 38.2 Å². The van der Waals surface area contributed by atoms with E-state index in [-0.39, 0.29) is 0 Å². The Morgan fingerprint density at radius 2 is 2.00 bits per heavy atom. The number of nitrogens with zero attached hydrogens (tertiary/aromatic N) is 1. The SMILES string of the molecule is CCN(C)CCNC(C)c1ccc2c(c1)OCCCO2. The first kappa shape index (κ1) is 15.1. The van der Waals surface area contributed by atoms with Gasteiger partial charge in [0, 0.05) is 25.6 Å². The first-order valence-electron chi connectivity index (χ1n) is 7.52. The average molecular weight is 278 g/mol. The maximum atomic E-state index is 5.74. The van der Waals surface area contributed by atoms with Crippen LogP contribution < -0.4 is 14.8 Å². The van der Waals surface area contributed by atoms with Crippen LogP contribution in [0.5, 0.6) is 11.5 Å². The van der Waals surface area contributed by atoms with Gasteiger partial charge in [0.05, 0.1) is 13.2 Å². The van der Waals surface area contributed by atoms with Gasteiger partial charge in [0.25, 0.3) is 0 Å². The summed E-state index contributed by atoms with van der Waals surface area (Å²) in [6, 6.07) is 6.56. The lowest BCUT2D eigenvalue weighted by Crippen LogP contribution is -2.30. The van der Waals surface area contributed by atoms with E-state index in [0.29, 0.717) is 6.04 Å². The molecule has 0 fully saturated rings. The van der Waals surface area contributed by atoms with Crippen molar-refractivity contribution in [3.8, 4) is 11.5 Å². The maximum Gasteiger partial charge on any atom is 0.161 e. The van der Waals surface area contributed by atoms with Crippen LogP contribution in [0.3, 0.4) is 0 Å². The highest BCUT2D eigenvalue weighted by Gasteiger charge is 2.13. The van der Waals surface area contributed by atoms with Gasteiger partial charge in [-0.25, -0.2) is 0 Å². The number of hydrogen-bond donors (Lipinski definition) is 1. The highest BCUT2D eigenvalue weighted by atomic mass is 16.5. The van der Waals surface area contributed by atoms with Crippen molar-refractivity contribution < 1.29 is 9.47 Å². The van der Waals surface area contributed by atoms with Crippen molar-refractivity contribution >= 4 is 0 Å². The minimum atomic E-state index is 0.317. The molecule has 1 aliphatic rings. The molecule has 1 heterocycles. The molecule has 0 amide bonds. The largest absolute Gasteiger partial charge is 0.490 e. The van der Waals surface area contributed by atoms with E-state index < -0.39 is 0 Å². The van der Waals surface area contributed by atoms with Gasteiger partial charge in [-0.15, -0.1) is 0 Å². The average Bonchev–Trinajstić information content (AvgIpc) is 2.71. The molecular formula is C16H26N2O2. The molecule has 1 aromatic carbocycles. The van der Waals surface area contributed by atoms with E-state index in [0.717, 1.165) is 50.8 Å².